The molecule has 1 amide bonds. The normalized spacial score (nSPS) is 11.9. The molecule has 0 spiro atoms. The monoisotopic (exact) mass is 376 g/mol. The minimum atomic E-state index is 0.0210. The number of carbonyl (C=O) groups is 1. The fourth-order valence-corrected chi connectivity index (χ4v) is 3.70. The van der Waals surface area contributed by atoms with Gasteiger partial charge in [0.15, 0.2) is 5.16 Å². The van der Waals surface area contributed by atoms with Crippen molar-refractivity contribution in [1.29, 1.82) is 0 Å². The lowest BCUT2D eigenvalue weighted by molar-refractivity contribution is -0.119. The van der Waals surface area contributed by atoms with E-state index in [9.17, 15) is 4.79 Å². The molecular weight excluding hydrogens is 352 g/mol. The summed E-state index contributed by atoms with van der Waals surface area (Å²) in [5.74, 6) is 1.97. The molecule has 0 saturated carbocycles. The van der Waals surface area contributed by atoms with Crippen molar-refractivity contribution < 1.29 is 4.79 Å². The van der Waals surface area contributed by atoms with E-state index in [-0.39, 0.29) is 11.9 Å². The summed E-state index contributed by atoms with van der Waals surface area (Å²) >= 11 is 3.13. The van der Waals surface area contributed by atoms with Crippen molar-refractivity contribution in [1.82, 2.24) is 20.1 Å². The Labute approximate surface area is 157 Å². The molecule has 0 bridgehead atoms. The molecule has 0 saturated heterocycles. The largest absolute Gasteiger partial charge is 0.353 e. The van der Waals surface area contributed by atoms with E-state index in [2.05, 4.69) is 41.1 Å². The number of carbonyl (C=O) groups excluding carboxylic acids is 1. The Morgan fingerprint density at radius 3 is 2.76 bits per heavy atom. The Kier molecular flexibility index (Phi) is 8.08. The number of aromatic nitrogens is 3. The lowest BCUT2D eigenvalue weighted by atomic mass is 10.3. The highest BCUT2D eigenvalue weighted by Gasteiger charge is 2.14. The Bertz CT molecular complexity index is 688. The quantitative estimate of drug-likeness (QED) is 0.505. The van der Waals surface area contributed by atoms with E-state index in [4.69, 9.17) is 0 Å². The minimum absolute atomic E-state index is 0.0210. The molecule has 0 fully saturated rings. The van der Waals surface area contributed by atoms with Crippen LogP contribution in [0.25, 0.3) is 0 Å². The van der Waals surface area contributed by atoms with Crippen LogP contribution in [0.1, 0.15) is 26.1 Å². The molecular formula is C18H24N4OS2. The molecule has 0 aliphatic carbocycles. The summed E-state index contributed by atoms with van der Waals surface area (Å²) in [4.78, 5) is 13.2. The van der Waals surface area contributed by atoms with Gasteiger partial charge in [0.2, 0.25) is 5.91 Å². The number of nitrogens with one attached hydrogen (secondary N) is 1. The van der Waals surface area contributed by atoms with Crippen LogP contribution in [0.15, 0.2) is 53.0 Å². The second-order valence-electron chi connectivity index (χ2n) is 5.57. The number of hydrogen-bond donors (Lipinski definition) is 1. The summed E-state index contributed by atoms with van der Waals surface area (Å²) < 4.78 is 2.02. The van der Waals surface area contributed by atoms with Crippen molar-refractivity contribution in [3.63, 3.8) is 0 Å². The Morgan fingerprint density at radius 1 is 1.32 bits per heavy atom. The maximum atomic E-state index is 12.0. The maximum absolute atomic E-state index is 12.0. The number of benzene rings is 1. The molecule has 0 aliphatic heterocycles. The van der Waals surface area contributed by atoms with Crippen LogP contribution in [0.3, 0.4) is 0 Å². The average Bonchev–Trinajstić information content (AvgIpc) is 3.01. The molecule has 2 rings (SSSR count). The summed E-state index contributed by atoms with van der Waals surface area (Å²) in [6, 6.07) is 10.4. The van der Waals surface area contributed by atoms with Crippen LogP contribution < -0.4 is 5.32 Å². The summed E-state index contributed by atoms with van der Waals surface area (Å²) in [6.07, 6.45) is 2.74. The minimum Gasteiger partial charge on any atom is -0.353 e. The number of thioether (sulfide) groups is 2. The van der Waals surface area contributed by atoms with Crippen molar-refractivity contribution in [2.24, 2.45) is 0 Å². The first-order chi connectivity index (χ1) is 12.1. The Morgan fingerprint density at radius 2 is 2.08 bits per heavy atom. The zero-order chi connectivity index (χ0) is 18.1. The summed E-state index contributed by atoms with van der Waals surface area (Å²) in [5, 5.41) is 12.3. The van der Waals surface area contributed by atoms with Gasteiger partial charge in [-0.05, 0) is 25.5 Å². The standard InChI is InChI=1S/C18H24N4OS2/c1-4-11-22-16(12-24-15-9-7-6-8-10-15)20-21-18(22)25-13-17(23)19-14(3)5-2/h4,6-10,14H,1,5,11-13H2,2-3H3,(H,19,23). The van der Waals surface area contributed by atoms with Gasteiger partial charge in [-0.1, -0.05) is 43.0 Å². The Hall–Kier alpha value is -1.73. The summed E-state index contributed by atoms with van der Waals surface area (Å²) in [6.45, 7) is 8.49. The lowest BCUT2D eigenvalue weighted by Crippen LogP contribution is -2.33. The molecule has 1 atom stereocenters. The van der Waals surface area contributed by atoms with Gasteiger partial charge in [-0.2, -0.15) is 0 Å². The predicted molar refractivity (Wildman–Crippen MR) is 105 cm³/mol. The van der Waals surface area contributed by atoms with Crippen LogP contribution in [0.2, 0.25) is 0 Å². The van der Waals surface area contributed by atoms with Gasteiger partial charge in [-0.3, -0.25) is 4.79 Å². The first-order valence-electron chi connectivity index (χ1n) is 8.27. The average molecular weight is 377 g/mol. The van der Waals surface area contributed by atoms with Gasteiger partial charge in [0.25, 0.3) is 0 Å². The van der Waals surface area contributed by atoms with Crippen molar-refractivity contribution >= 4 is 29.4 Å². The third-order valence-electron chi connectivity index (χ3n) is 3.57. The molecule has 5 nitrogen and oxygen atoms in total. The highest BCUT2D eigenvalue weighted by Crippen LogP contribution is 2.24. The van der Waals surface area contributed by atoms with E-state index >= 15 is 0 Å². The zero-order valence-corrected chi connectivity index (χ0v) is 16.3. The predicted octanol–water partition coefficient (Wildman–Crippen LogP) is 3.76. The topological polar surface area (TPSA) is 59.8 Å². The van der Waals surface area contributed by atoms with Crippen molar-refractivity contribution in [3.8, 4) is 0 Å². The molecule has 1 heterocycles. The van der Waals surface area contributed by atoms with Gasteiger partial charge in [0, 0.05) is 17.5 Å². The number of nitrogens with zero attached hydrogens (tertiary/aromatic N) is 3. The molecule has 25 heavy (non-hydrogen) atoms. The van der Waals surface area contributed by atoms with Gasteiger partial charge in [0.1, 0.15) is 5.82 Å². The van der Waals surface area contributed by atoms with E-state index in [1.165, 1.54) is 16.7 Å². The van der Waals surface area contributed by atoms with Crippen LogP contribution in [-0.2, 0) is 17.1 Å². The lowest BCUT2D eigenvalue weighted by Gasteiger charge is -2.11. The molecule has 2 aromatic rings. The van der Waals surface area contributed by atoms with Crippen molar-refractivity contribution in [2.45, 2.75) is 48.7 Å². The first-order valence-corrected chi connectivity index (χ1v) is 10.2. The van der Waals surface area contributed by atoms with Gasteiger partial charge in [-0.25, -0.2) is 0 Å². The van der Waals surface area contributed by atoms with E-state index in [1.54, 1.807) is 11.8 Å². The molecule has 7 heteroatoms. The van der Waals surface area contributed by atoms with E-state index in [0.29, 0.717) is 12.3 Å². The number of hydrogen-bond acceptors (Lipinski definition) is 5. The maximum Gasteiger partial charge on any atom is 0.230 e. The Balaban J connectivity index is 1.98. The van der Waals surface area contributed by atoms with Crippen LogP contribution in [0.5, 0.6) is 0 Å². The zero-order valence-electron chi connectivity index (χ0n) is 14.6. The third-order valence-corrected chi connectivity index (χ3v) is 5.54. The second-order valence-corrected chi connectivity index (χ2v) is 7.56. The molecule has 1 unspecified atom stereocenters. The third kappa shape index (κ3) is 6.25. The van der Waals surface area contributed by atoms with Gasteiger partial charge < -0.3 is 9.88 Å². The number of rotatable bonds is 10. The molecule has 0 aliphatic rings. The number of allylic oxidation sites excluding steroid dienone is 1. The fraction of sp³-hybridized carbons (Fsp3) is 0.389. The fourth-order valence-electron chi connectivity index (χ4n) is 2.06. The van der Waals surface area contributed by atoms with Crippen LogP contribution >= 0.6 is 23.5 Å². The number of amides is 1. The molecule has 134 valence electrons. The molecule has 1 aromatic carbocycles. The SMILES string of the molecule is C=CCn1c(CSc2ccccc2)nnc1SCC(=O)NC(C)CC. The van der Waals surface area contributed by atoms with Gasteiger partial charge in [0.05, 0.1) is 11.5 Å². The highest BCUT2D eigenvalue weighted by atomic mass is 32.2. The molecule has 1 N–H and O–H groups in total. The first kappa shape index (κ1) is 19.6. The van der Waals surface area contributed by atoms with Gasteiger partial charge >= 0.3 is 0 Å². The van der Waals surface area contributed by atoms with E-state index < -0.39 is 0 Å². The van der Waals surface area contributed by atoms with E-state index in [0.717, 1.165) is 23.2 Å². The summed E-state index contributed by atoms with van der Waals surface area (Å²) in [5.41, 5.74) is 0. The van der Waals surface area contributed by atoms with Crippen molar-refractivity contribution in [2.75, 3.05) is 5.75 Å². The van der Waals surface area contributed by atoms with E-state index in [1.807, 2.05) is 35.8 Å². The smallest absolute Gasteiger partial charge is 0.230 e. The second kappa shape index (κ2) is 10.3. The van der Waals surface area contributed by atoms with Gasteiger partial charge in [-0.15, -0.1) is 28.5 Å². The van der Waals surface area contributed by atoms with Crippen LogP contribution in [0, 0.1) is 0 Å². The molecule has 0 radical (unpaired) electrons. The summed E-state index contributed by atoms with van der Waals surface area (Å²) in [7, 11) is 0. The van der Waals surface area contributed by atoms with Crippen LogP contribution in [-0.4, -0.2) is 32.5 Å². The van der Waals surface area contributed by atoms with Crippen molar-refractivity contribution in [3.05, 3.63) is 48.8 Å². The molecule has 1 aromatic heterocycles. The highest BCUT2D eigenvalue weighted by molar-refractivity contribution is 7.99. The van der Waals surface area contributed by atoms with Crippen LogP contribution in [0.4, 0.5) is 0 Å².